The summed E-state index contributed by atoms with van der Waals surface area (Å²) in [6, 6.07) is 13.6. The Kier molecular flexibility index (Phi) is 4.95. The number of benzene rings is 1. The maximum absolute atomic E-state index is 12.7. The highest BCUT2D eigenvalue weighted by Gasteiger charge is 2.32. The summed E-state index contributed by atoms with van der Waals surface area (Å²) >= 11 is 5.86. The van der Waals surface area contributed by atoms with Crippen LogP contribution in [0.25, 0.3) is 11.5 Å². The van der Waals surface area contributed by atoms with E-state index in [0.717, 1.165) is 5.56 Å². The molecule has 0 unspecified atom stereocenters. The highest BCUT2D eigenvalue weighted by molar-refractivity contribution is 6.30. The number of nitrogens with one attached hydrogen (secondary N) is 1. The van der Waals surface area contributed by atoms with E-state index in [1.807, 2.05) is 12.1 Å². The molecule has 0 saturated carbocycles. The van der Waals surface area contributed by atoms with E-state index in [4.69, 9.17) is 16.0 Å². The monoisotopic (exact) mass is 371 g/mol. The first kappa shape index (κ1) is 17.9. The van der Waals surface area contributed by atoms with E-state index in [2.05, 4.69) is 10.4 Å². The van der Waals surface area contributed by atoms with E-state index >= 15 is 0 Å². The molecular formula is C19H18ClN3O3. The van der Waals surface area contributed by atoms with Crippen molar-refractivity contribution >= 4 is 17.5 Å². The van der Waals surface area contributed by atoms with Gasteiger partial charge in [-0.3, -0.25) is 9.59 Å². The fraction of sp³-hybridized carbons (Fsp3) is 0.211. The number of hydrogen-bond acceptors (Lipinski definition) is 4. The van der Waals surface area contributed by atoms with Crippen LogP contribution in [0.2, 0.25) is 5.02 Å². The highest BCUT2D eigenvalue weighted by atomic mass is 35.5. The molecular weight excluding hydrogens is 354 g/mol. The van der Waals surface area contributed by atoms with Gasteiger partial charge >= 0.3 is 0 Å². The van der Waals surface area contributed by atoms with E-state index in [-0.39, 0.29) is 11.5 Å². The van der Waals surface area contributed by atoms with Crippen LogP contribution in [0.4, 0.5) is 0 Å². The molecule has 1 aromatic carbocycles. The van der Waals surface area contributed by atoms with Gasteiger partial charge in [-0.05, 0) is 49.7 Å². The summed E-state index contributed by atoms with van der Waals surface area (Å²) < 4.78 is 6.48. The van der Waals surface area contributed by atoms with Crippen LogP contribution in [0.5, 0.6) is 0 Å². The quantitative estimate of drug-likeness (QED) is 0.747. The first-order chi connectivity index (χ1) is 12.4. The molecule has 134 valence electrons. The Morgan fingerprint density at radius 2 is 1.92 bits per heavy atom. The summed E-state index contributed by atoms with van der Waals surface area (Å²) in [6.07, 6.45) is 1.52. The first-order valence-corrected chi connectivity index (χ1v) is 8.43. The average molecular weight is 372 g/mol. The van der Waals surface area contributed by atoms with Crippen LogP contribution < -0.4 is 10.9 Å². The normalized spacial score (nSPS) is 11.3. The van der Waals surface area contributed by atoms with Crippen molar-refractivity contribution in [2.24, 2.45) is 0 Å². The predicted molar refractivity (Wildman–Crippen MR) is 98.8 cm³/mol. The third kappa shape index (κ3) is 3.70. The molecule has 1 amide bonds. The molecule has 0 atom stereocenters. The largest absolute Gasteiger partial charge is 0.463 e. The predicted octanol–water partition coefficient (Wildman–Crippen LogP) is 3.21. The van der Waals surface area contributed by atoms with Crippen LogP contribution in [-0.2, 0) is 16.9 Å². The van der Waals surface area contributed by atoms with Gasteiger partial charge < -0.3 is 9.73 Å². The molecule has 0 aliphatic carbocycles. The summed E-state index contributed by atoms with van der Waals surface area (Å²) in [4.78, 5) is 25.0. The van der Waals surface area contributed by atoms with E-state index in [9.17, 15) is 9.59 Å². The zero-order valence-corrected chi connectivity index (χ0v) is 15.2. The van der Waals surface area contributed by atoms with Gasteiger partial charge in [0.15, 0.2) is 5.76 Å². The van der Waals surface area contributed by atoms with Crippen LogP contribution in [0.15, 0.2) is 64.0 Å². The molecule has 0 aliphatic heterocycles. The van der Waals surface area contributed by atoms with Crippen molar-refractivity contribution in [2.45, 2.75) is 25.9 Å². The lowest BCUT2D eigenvalue weighted by Gasteiger charge is -2.25. The molecule has 1 N–H and O–H groups in total. The number of aromatic nitrogens is 2. The number of carbonyl (C=O) groups excluding carboxylic acids is 1. The Hall–Kier alpha value is -2.86. The molecule has 3 rings (SSSR count). The maximum Gasteiger partial charge on any atom is 0.267 e. The number of rotatable bonds is 5. The summed E-state index contributed by atoms with van der Waals surface area (Å²) in [5, 5.41) is 7.77. The Balaban J connectivity index is 1.82. The van der Waals surface area contributed by atoms with Crippen molar-refractivity contribution < 1.29 is 9.21 Å². The van der Waals surface area contributed by atoms with Crippen molar-refractivity contribution in [3.8, 4) is 11.5 Å². The van der Waals surface area contributed by atoms with Crippen LogP contribution in [0.3, 0.4) is 0 Å². The van der Waals surface area contributed by atoms with Gasteiger partial charge in [-0.25, -0.2) is 4.68 Å². The summed E-state index contributed by atoms with van der Waals surface area (Å²) in [6.45, 7) is 3.61. The lowest BCUT2D eigenvalue weighted by atomic mass is 10.0. The van der Waals surface area contributed by atoms with E-state index in [1.54, 1.807) is 44.2 Å². The van der Waals surface area contributed by atoms with Gasteiger partial charge in [-0.2, -0.15) is 5.10 Å². The summed E-state index contributed by atoms with van der Waals surface area (Å²) in [7, 11) is 0. The minimum Gasteiger partial charge on any atom is -0.463 e. The molecule has 0 aliphatic rings. The second-order valence-electron chi connectivity index (χ2n) is 6.31. The molecule has 2 heterocycles. The number of furan rings is 1. The van der Waals surface area contributed by atoms with Crippen LogP contribution in [-0.4, -0.2) is 15.7 Å². The lowest BCUT2D eigenvalue weighted by Crippen LogP contribution is -2.49. The van der Waals surface area contributed by atoms with Crippen molar-refractivity contribution in [1.82, 2.24) is 15.1 Å². The third-order valence-corrected chi connectivity index (χ3v) is 4.28. The minimum atomic E-state index is -1.17. The second kappa shape index (κ2) is 7.17. The minimum absolute atomic E-state index is 0.321. The standard InChI is InChI=1S/C19H18ClN3O3/c1-19(2,18(25)21-12-13-5-7-14(20)8-6-13)23-17(24)10-9-15(22-23)16-4-3-11-26-16/h3-11H,12H2,1-2H3,(H,21,25). The Labute approximate surface area is 155 Å². The molecule has 0 spiro atoms. The van der Waals surface area contributed by atoms with Gasteiger partial charge in [-0.15, -0.1) is 0 Å². The topological polar surface area (TPSA) is 77.1 Å². The molecule has 7 heteroatoms. The highest BCUT2D eigenvalue weighted by Crippen LogP contribution is 2.18. The zero-order valence-electron chi connectivity index (χ0n) is 14.4. The van der Waals surface area contributed by atoms with Crippen molar-refractivity contribution in [1.29, 1.82) is 0 Å². The zero-order chi connectivity index (χ0) is 18.7. The number of halogens is 1. The molecule has 0 radical (unpaired) electrons. The second-order valence-corrected chi connectivity index (χ2v) is 6.75. The van der Waals surface area contributed by atoms with Gasteiger partial charge in [0.2, 0.25) is 5.91 Å². The van der Waals surface area contributed by atoms with E-state index < -0.39 is 5.54 Å². The molecule has 0 bridgehead atoms. The first-order valence-electron chi connectivity index (χ1n) is 8.05. The smallest absolute Gasteiger partial charge is 0.267 e. The molecule has 0 saturated heterocycles. The number of amides is 1. The van der Waals surface area contributed by atoms with Crippen molar-refractivity contribution in [3.63, 3.8) is 0 Å². The van der Waals surface area contributed by atoms with Gasteiger partial charge in [-0.1, -0.05) is 23.7 Å². The van der Waals surface area contributed by atoms with Crippen LogP contribution in [0.1, 0.15) is 19.4 Å². The number of carbonyl (C=O) groups is 1. The Morgan fingerprint density at radius 1 is 1.19 bits per heavy atom. The third-order valence-electron chi connectivity index (χ3n) is 4.03. The maximum atomic E-state index is 12.7. The molecule has 6 nitrogen and oxygen atoms in total. The van der Waals surface area contributed by atoms with Gasteiger partial charge in [0, 0.05) is 17.6 Å². The molecule has 2 aromatic heterocycles. The number of hydrogen-bond donors (Lipinski definition) is 1. The molecule has 0 fully saturated rings. The van der Waals surface area contributed by atoms with Gasteiger partial charge in [0.25, 0.3) is 5.56 Å². The Morgan fingerprint density at radius 3 is 2.58 bits per heavy atom. The summed E-state index contributed by atoms with van der Waals surface area (Å²) in [5.41, 5.74) is -0.158. The van der Waals surface area contributed by atoms with Crippen LogP contribution >= 0.6 is 11.6 Å². The van der Waals surface area contributed by atoms with Gasteiger partial charge in [0.1, 0.15) is 11.2 Å². The van der Waals surface area contributed by atoms with Crippen molar-refractivity contribution in [2.75, 3.05) is 0 Å². The lowest BCUT2D eigenvalue weighted by molar-refractivity contribution is -0.129. The SMILES string of the molecule is CC(C)(C(=O)NCc1ccc(Cl)cc1)n1nc(-c2ccco2)ccc1=O. The average Bonchev–Trinajstić information content (AvgIpc) is 3.16. The van der Waals surface area contributed by atoms with Crippen LogP contribution in [0, 0.1) is 0 Å². The Bertz CT molecular complexity index is 960. The fourth-order valence-corrected chi connectivity index (χ4v) is 2.59. The van der Waals surface area contributed by atoms with E-state index in [1.165, 1.54) is 17.0 Å². The van der Waals surface area contributed by atoms with E-state index in [0.29, 0.717) is 23.0 Å². The van der Waals surface area contributed by atoms with Gasteiger partial charge in [0.05, 0.1) is 6.26 Å². The van der Waals surface area contributed by atoms with Crippen molar-refractivity contribution in [3.05, 3.63) is 75.7 Å². The molecule has 3 aromatic rings. The molecule has 26 heavy (non-hydrogen) atoms. The fourth-order valence-electron chi connectivity index (χ4n) is 2.46. The number of nitrogens with zero attached hydrogens (tertiary/aromatic N) is 2. The summed E-state index contributed by atoms with van der Waals surface area (Å²) in [5.74, 6) is 0.203.